The average molecular weight is 301 g/mol. The molecule has 3 nitrogen and oxygen atoms in total. The van der Waals surface area contributed by atoms with Gasteiger partial charge in [-0.1, -0.05) is 18.9 Å². The molecule has 0 spiro atoms. The van der Waals surface area contributed by atoms with E-state index < -0.39 is 0 Å². The van der Waals surface area contributed by atoms with Crippen molar-refractivity contribution in [2.75, 3.05) is 26.8 Å². The Labute approximate surface area is 133 Å². The molecule has 0 amide bonds. The average Bonchev–Trinajstić information content (AvgIpc) is 2.53. The number of likely N-dealkylation sites (tertiary alicyclic amines) is 1. The van der Waals surface area contributed by atoms with Crippen LogP contribution < -0.4 is 0 Å². The minimum absolute atomic E-state index is 0.383. The third-order valence-corrected chi connectivity index (χ3v) is 6.51. The number of phenolic OH excluding ortho intramolecular Hbond substituents is 1. The number of aromatic hydroxyl groups is 1. The number of hydrogen-bond donors (Lipinski definition) is 1. The second-order valence-corrected chi connectivity index (χ2v) is 7.40. The highest BCUT2D eigenvalue weighted by Crippen LogP contribution is 2.55. The van der Waals surface area contributed by atoms with Gasteiger partial charge >= 0.3 is 0 Å². The Morgan fingerprint density at radius 2 is 2.23 bits per heavy atom. The van der Waals surface area contributed by atoms with Crippen LogP contribution in [0.5, 0.6) is 5.75 Å². The number of nitrogens with zero attached hydrogens (tertiary/aromatic N) is 1. The Morgan fingerprint density at radius 1 is 1.32 bits per heavy atom. The van der Waals surface area contributed by atoms with E-state index in [0.29, 0.717) is 17.2 Å². The van der Waals surface area contributed by atoms with Gasteiger partial charge in [-0.3, -0.25) is 4.90 Å². The summed E-state index contributed by atoms with van der Waals surface area (Å²) in [5, 5.41) is 9.92. The molecule has 2 fully saturated rings. The smallest absolute Gasteiger partial charge is 0.115 e. The number of phenols is 1. The third kappa shape index (κ3) is 2.10. The molecule has 0 aromatic heterocycles. The van der Waals surface area contributed by atoms with Gasteiger partial charge in [-0.15, -0.1) is 0 Å². The molecule has 3 aliphatic rings. The van der Waals surface area contributed by atoms with Crippen molar-refractivity contribution in [3.05, 3.63) is 29.3 Å². The van der Waals surface area contributed by atoms with E-state index in [0.717, 1.165) is 25.5 Å². The maximum Gasteiger partial charge on any atom is 0.115 e. The van der Waals surface area contributed by atoms with E-state index in [4.69, 9.17) is 4.74 Å². The number of benzene rings is 1. The molecule has 1 saturated carbocycles. The Kier molecular flexibility index (Phi) is 3.66. The molecular formula is C19H27NO2. The summed E-state index contributed by atoms with van der Waals surface area (Å²) in [4.78, 5) is 2.66. The fraction of sp³-hybridized carbons (Fsp3) is 0.684. The van der Waals surface area contributed by atoms with E-state index >= 15 is 0 Å². The number of methoxy groups -OCH3 is 1. The topological polar surface area (TPSA) is 32.7 Å². The van der Waals surface area contributed by atoms with Gasteiger partial charge in [0.1, 0.15) is 5.75 Å². The molecule has 3 heteroatoms. The Morgan fingerprint density at radius 3 is 3.09 bits per heavy atom. The first-order valence-corrected chi connectivity index (χ1v) is 8.80. The SMILES string of the molecule is COCCN1CCC23CCCC[C@H]2[C@H]1Cc1cc(O)ccc13. The van der Waals surface area contributed by atoms with Gasteiger partial charge in [-0.05, 0) is 61.4 Å². The summed E-state index contributed by atoms with van der Waals surface area (Å²) >= 11 is 0. The summed E-state index contributed by atoms with van der Waals surface area (Å²) in [6, 6.07) is 6.79. The zero-order chi connectivity index (χ0) is 15.2. The summed E-state index contributed by atoms with van der Waals surface area (Å²) in [6.45, 7) is 3.07. The molecule has 1 aromatic rings. The van der Waals surface area contributed by atoms with E-state index in [1.807, 2.05) is 12.1 Å². The fourth-order valence-electron chi connectivity index (χ4n) is 5.59. The third-order valence-electron chi connectivity index (χ3n) is 6.51. The largest absolute Gasteiger partial charge is 0.508 e. The van der Waals surface area contributed by atoms with Gasteiger partial charge in [0.2, 0.25) is 0 Å². The molecule has 1 heterocycles. The van der Waals surface area contributed by atoms with Crippen molar-refractivity contribution in [2.45, 2.75) is 50.0 Å². The number of fused-ring (bicyclic) bond motifs is 1. The molecule has 4 rings (SSSR count). The molecule has 1 saturated heterocycles. The van der Waals surface area contributed by atoms with Gasteiger partial charge in [0.25, 0.3) is 0 Å². The maximum absolute atomic E-state index is 9.92. The summed E-state index contributed by atoms with van der Waals surface area (Å²) in [7, 11) is 1.79. The summed E-state index contributed by atoms with van der Waals surface area (Å²) < 4.78 is 5.32. The molecule has 22 heavy (non-hydrogen) atoms. The predicted octanol–water partition coefficient (Wildman–Crippen LogP) is 3.10. The van der Waals surface area contributed by atoms with Crippen LogP contribution in [-0.4, -0.2) is 42.9 Å². The highest BCUT2D eigenvalue weighted by molar-refractivity contribution is 5.44. The lowest BCUT2D eigenvalue weighted by Crippen LogP contribution is -2.61. The molecule has 2 bridgehead atoms. The fourth-order valence-corrected chi connectivity index (χ4v) is 5.59. The van der Waals surface area contributed by atoms with E-state index in [1.165, 1.54) is 44.2 Å². The second kappa shape index (κ2) is 5.54. The number of piperidine rings is 1. The first-order valence-electron chi connectivity index (χ1n) is 8.80. The van der Waals surface area contributed by atoms with Crippen molar-refractivity contribution in [1.82, 2.24) is 4.90 Å². The highest BCUT2D eigenvalue weighted by atomic mass is 16.5. The van der Waals surface area contributed by atoms with Crippen LogP contribution in [0.25, 0.3) is 0 Å². The van der Waals surface area contributed by atoms with Gasteiger partial charge in [0.05, 0.1) is 6.61 Å². The van der Waals surface area contributed by atoms with Gasteiger partial charge in [-0.2, -0.15) is 0 Å². The van der Waals surface area contributed by atoms with Crippen LogP contribution in [-0.2, 0) is 16.6 Å². The lowest BCUT2D eigenvalue weighted by Gasteiger charge is -2.59. The van der Waals surface area contributed by atoms with Crippen LogP contribution in [0.2, 0.25) is 0 Å². The van der Waals surface area contributed by atoms with Crippen molar-refractivity contribution >= 4 is 0 Å². The Hall–Kier alpha value is -1.06. The first kappa shape index (κ1) is 14.5. The zero-order valence-corrected chi connectivity index (χ0v) is 13.6. The van der Waals surface area contributed by atoms with Crippen LogP contribution >= 0.6 is 0 Å². The summed E-state index contributed by atoms with van der Waals surface area (Å²) in [5.41, 5.74) is 3.33. The van der Waals surface area contributed by atoms with Crippen LogP contribution in [0.15, 0.2) is 18.2 Å². The summed E-state index contributed by atoms with van der Waals surface area (Å²) in [6.07, 6.45) is 7.82. The van der Waals surface area contributed by atoms with Crippen molar-refractivity contribution in [3.63, 3.8) is 0 Å². The Bertz CT molecular complexity index is 558. The van der Waals surface area contributed by atoms with E-state index in [2.05, 4.69) is 11.0 Å². The number of ether oxygens (including phenoxy) is 1. The molecular weight excluding hydrogens is 274 g/mol. The predicted molar refractivity (Wildman–Crippen MR) is 87.3 cm³/mol. The number of hydrogen-bond acceptors (Lipinski definition) is 3. The molecule has 2 aliphatic carbocycles. The van der Waals surface area contributed by atoms with E-state index in [9.17, 15) is 5.11 Å². The van der Waals surface area contributed by atoms with Gasteiger partial charge < -0.3 is 9.84 Å². The lowest BCUT2D eigenvalue weighted by atomic mass is 9.52. The lowest BCUT2D eigenvalue weighted by molar-refractivity contribution is -0.0206. The Balaban J connectivity index is 1.75. The second-order valence-electron chi connectivity index (χ2n) is 7.40. The molecule has 1 aliphatic heterocycles. The molecule has 0 radical (unpaired) electrons. The molecule has 1 N–H and O–H groups in total. The van der Waals surface area contributed by atoms with Gasteiger partial charge in [-0.25, -0.2) is 0 Å². The van der Waals surface area contributed by atoms with Gasteiger partial charge in [0, 0.05) is 25.1 Å². The molecule has 3 atom stereocenters. The zero-order valence-electron chi connectivity index (χ0n) is 13.6. The van der Waals surface area contributed by atoms with Crippen LogP contribution in [0, 0.1) is 5.92 Å². The standard InChI is InChI=1S/C19H27NO2/c1-22-11-10-20-9-8-19-7-3-2-4-17(19)18(20)13-14-12-15(21)5-6-16(14)19/h5-6,12,17-18,21H,2-4,7-11,13H2,1H3/t17-,18+,19?/m0/s1. The number of rotatable bonds is 3. The van der Waals surface area contributed by atoms with Gasteiger partial charge in [0.15, 0.2) is 0 Å². The maximum atomic E-state index is 9.92. The minimum atomic E-state index is 0.383. The van der Waals surface area contributed by atoms with Crippen molar-refractivity contribution in [1.29, 1.82) is 0 Å². The van der Waals surface area contributed by atoms with Crippen LogP contribution in [0.3, 0.4) is 0 Å². The normalized spacial score (nSPS) is 34.0. The highest BCUT2D eigenvalue weighted by Gasteiger charge is 2.53. The quantitative estimate of drug-likeness (QED) is 0.931. The summed E-state index contributed by atoms with van der Waals surface area (Å²) in [5.74, 6) is 1.22. The van der Waals surface area contributed by atoms with Crippen molar-refractivity contribution in [3.8, 4) is 5.75 Å². The molecule has 1 aromatic carbocycles. The van der Waals surface area contributed by atoms with Crippen molar-refractivity contribution < 1.29 is 9.84 Å². The van der Waals surface area contributed by atoms with Crippen LogP contribution in [0.1, 0.15) is 43.2 Å². The minimum Gasteiger partial charge on any atom is -0.508 e. The van der Waals surface area contributed by atoms with Crippen molar-refractivity contribution in [2.24, 2.45) is 5.92 Å². The van der Waals surface area contributed by atoms with E-state index in [1.54, 1.807) is 12.7 Å². The van der Waals surface area contributed by atoms with E-state index in [-0.39, 0.29) is 0 Å². The monoisotopic (exact) mass is 301 g/mol. The molecule has 120 valence electrons. The van der Waals surface area contributed by atoms with Crippen LogP contribution in [0.4, 0.5) is 0 Å². The first-order chi connectivity index (χ1) is 10.7. The molecule has 1 unspecified atom stereocenters.